The van der Waals surface area contributed by atoms with Crippen LogP contribution in [-0.4, -0.2) is 60.7 Å². The Balaban J connectivity index is 1.81. The van der Waals surface area contributed by atoms with E-state index in [4.69, 9.17) is 18.9 Å². The van der Waals surface area contributed by atoms with Crippen molar-refractivity contribution in [1.29, 1.82) is 0 Å². The molecule has 0 aromatic heterocycles. The molecular formula is C22H27NO6. The van der Waals surface area contributed by atoms with Crippen molar-refractivity contribution in [2.45, 2.75) is 62.6 Å². The minimum Gasteiger partial charge on any atom is -0.493 e. The van der Waals surface area contributed by atoms with Gasteiger partial charge in [0.2, 0.25) is 0 Å². The number of piperidine rings is 1. The maximum atomic E-state index is 11.8. The van der Waals surface area contributed by atoms with Gasteiger partial charge < -0.3 is 29.0 Å². The predicted octanol–water partition coefficient (Wildman–Crippen LogP) is 1.90. The van der Waals surface area contributed by atoms with Gasteiger partial charge in [-0.05, 0) is 51.1 Å². The van der Waals surface area contributed by atoms with Gasteiger partial charge in [-0.3, -0.25) is 4.79 Å². The van der Waals surface area contributed by atoms with E-state index in [1.54, 1.807) is 14.0 Å². The number of aliphatic hydroxyl groups excluding tert-OH is 1. The van der Waals surface area contributed by atoms with Gasteiger partial charge in [-0.15, -0.1) is 0 Å². The van der Waals surface area contributed by atoms with Gasteiger partial charge >= 0.3 is 5.97 Å². The third kappa shape index (κ3) is 2.26. The number of benzene rings is 1. The third-order valence-electron chi connectivity index (χ3n) is 7.16. The SMILES string of the molecule is COc1ccc2c3c1OC1C(OC(C)=O)=CCC4(OC(C)O)C(C2)N(C)CCC314. The first kappa shape index (κ1) is 18.9. The molecule has 1 fully saturated rings. The van der Waals surface area contributed by atoms with Gasteiger partial charge in [0, 0.05) is 24.9 Å². The molecule has 1 aromatic rings. The number of likely N-dealkylation sites (N-methyl/N-ethyl adjacent to an activating group) is 1. The maximum absolute atomic E-state index is 11.8. The van der Waals surface area contributed by atoms with Crippen LogP contribution in [0.4, 0.5) is 0 Å². The molecule has 0 radical (unpaired) electrons. The zero-order chi connectivity index (χ0) is 20.6. The fraction of sp³-hybridized carbons (Fsp3) is 0.591. The first-order chi connectivity index (χ1) is 13.8. The van der Waals surface area contributed by atoms with Gasteiger partial charge in [0.05, 0.1) is 12.5 Å². The number of carbonyl (C=O) groups is 1. The lowest BCUT2D eigenvalue weighted by Crippen LogP contribution is -2.76. The van der Waals surface area contributed by atoms with Crippen LogP contribution < -0.4 is 9.47 Å². The fourth-order valence-electron chi connectivity index (χ4n) is 6.26. The predicted molar refractivity (Wildman–Crippen MR) is 104 cm³/mol. The van der Waals surface area contributed by atoms with Crippen molar-refractivity contribution in [2.75, 3.05) is 20.7 Å². The summed E-state index contributed by atoms with van der Waals surface area (Å²) in [4.78, 5) is 14.1. The summed E-state index contributed by atoms with van der Waals surface area (Å²) in [6.45, 7) is 3.91. The molecule has 2 aliphatic heterocycles. The molecule has 1 aromatic carbocycles. The summed E-state index contributed by atoms with van der Waals surface area (Å²) >= 11 is 0. The minimum absolute atomic E-state index is 0.0684. The number of aliphatic hydroxyl groups is 1. The second kappa shape index (κ2) is 6.20. The van der Waals surface area contributed by atoms with Gasteiger partial charge in [0.15, 0.2) is 23.9 Å². The third-order valence-corrected chi connectivity index (χ3v) is 7.16. The lowest BCUT2D eigenvalue weighted by atomic mass is 9.50. The molecule has 2 bridgehead atoms. The molecule has 2 heterocycles. The van der Waals surface area contributed by atoms with Crippen LogP contribution in [0.3, 0.4) is 0 Å². The summed E-state index contributed by atoms with van der Waals surface area (Å²) in [6.07, 6.45) is 2.57. The van der Waals surface area contributed by atoms with Crippen LogP contribution in [0.2, 0.25) is 0 Å². The van der Waals surface area contributed by atoms with Crippen molar-refractivity contribution in [1.82, 2.24) is 4.90 Å². The molecule has 156 valence electrons. The second-order valence-electron chi connectivity index (χ2n) is 8.56. The molecule has 0 saturated carbocycles. The van der Waals surface area contributed by atoms with Crippen LogP contribution in [0.5, 0.6) is 11.5 Å². The molecule has 5 atom stereocenters. The highest BCUT2D eigenvalue weighted by Crippen LogP contribution is 2.66. The van der Waals surface area contributed by atoms with E-state index in [-0.39, 0.29) is 12.0 Å². The standard InChI is InChI=1S/C22H27NO6/c1-12(24)27-16-7-8-22(29-13(2)25)17-11-14-5-6-15(26-4)19-18(14)21(22,20(16)28-19)9-10-23(17)3/h5-7,13,17,20,25H,8-11H2,1-4H3. The summed E-state index contributed by atoms with van der Waals surface area (Å²) in [5.41, 5.74) is 1.05. The molecule has 7 nitrogen and oxygen atoms in total. The Hall–Kier alpha value is -2.09. The molecule has 0 amide bonds. The average Bonchev–Trinajstić information content (AvgIpc) is 3.01. The Kier molecular flexibility index (Phi) is 4.04. The smallest absolute Gasteiger partial charge is 0.307 e. The van der Waals surface area contributed by atoms with Gasteiger partial charge in [-0.1, -0.05) is 6.07 Å². The van der Waals surface area contributed by atoms with E-state index < -0.39 is 23.4 Å². The normalized spacial score (nSPS) is 35.3. The van der Waals surface area contributed by atoms with Crippen molar-refractivity contribution in [3.63, 3.8) is 0 Å². The number of hydrogen-bond donors (Lipinski definition) is 1. The molecule has 29 heavy (non-hydrogen) atoms. The summed E-state index contributed by atoms with van der Waals surface area (Å²) in [5, 5.41) is 10.3. The Morgan fingerprint density at radius 2 is 2.21 bits per heavy atom. The Bertz CT molecular complexity index is 911. The summed E-state index contributed by atoms with van der Waals surface area (Å²) in [5.74, 6) is 1.52. The molecule has 4 aliphatic rings. The van der Waals surface area contributed by atoms with Gasteiger partial charge in [0.25, 0.3) is 0 Å². The van der Waals surface area contributed by atoms with Gasteiger partial charge in [-0.25, -0.2) is 0 Å². The number of carbonyl (C=O) groups excluding carboxylic acids is 1. The molecule has 5 unspecified atom stereocenters. The number of rotatable bonds is 4. The fourth-order valence-corrected chi connectivity index (χ4v) is 6.26. The van der Waals surface area contributed by atoms with Crippen molar-refractivity contribution >= 4 is 5.97 Å². The number of hydrogen-bond acceptors (Lipinski definition) is 7. The number of nitrogens with zero attached hydrogens (tertiary/aromatic N) is 1. The number of esters is 1. The monoisotopic (exact) mass is 401 g/mol. The molecule has 7 heteroatoms. The molecule has 2 aliphatic carbocycles. The van der Waals surface area contributed by atoms with Gasteiger partial charge in [-0.2, -0.15) is 0 Å². The Morgan fingerprint density at radius 3 is 2.90 bits per heavy atom. The maximum Gasteiger partial charge on any atom is 0.307 e. The van der Waals surface area contributed by atoms with Crippen LogP contribution in [0, 0.1) is 0 Å². The summed E-state index contributed by atoms with van der Waals surface area (Å²) in [6, 6.07) is 4.11. The van der Waals surface area contributed by atoms with Crippen LogP contribution in [0.15, 0.2) is 24.0 Å². The first-order valence-corrected chi connectivity index (χ1v) is 10.2. The van der Waals surface area contributed by atoms with Gasteiger partial charge in [0.1, 0.15) is 11.4 Å². The molecule has 5 rings (SSSR count). The lowest BCUT2D eigenvalue weighted by molar-refractivity contribution is -0.258. The highest BCUT2D eigenvalue weighted by atomic mass is 16.6. The molecular weight excluding hydrogens is 374 g/mol. The van der Waals surface area contributed by atoms with E-state index in [9.17, 15) is 9.90 Å². The lowest BCUT2D eigenvalue weighted by Gasteiger charge is -2.63. The van der Waals surface area contributed by atoms with E-state index in [1.807, 2.05) is 12.1 Å². The minimum atomic E-state index is -0.929. The average molecular weight is 401 g/mol. The summed E-state index contributed by atoms with van der Waals surface area (Å²) < 4.78 is 24.1. The topological polar surface area (TPSA) is 77.5 Å². The quantitative estimate of drug-likeness (QED) is 0.610. The second-order valence-corrected chi connectivity index (χ2v) is 8.56. The molecule has 1 saturated heterocycles. The van der Waals surface area contributed by atoms with Crippen LogP contribution >= 0.6 is 0 Å². The van der Waals surface area contributed by atoms with Crippen molar-refractivity contribution in [3.05, 3.63) is 35.1 Å². The summed E-state index contributed by atoms with van der Waals surface area (Å²) in [7, 11) is 3.74. The number of ether oxygens (including phenoxy) is 4. The molecule has 1 N–H and O–H groups in total. The van der Waals surface area contributed by atoms with E-state index in [1.165, 1.54) is 12.5 Å². The number of methoxy groups -OCH3 is 1. The van der Waals surface area contributed by atoms with Crippen LogP contribution in [-0.2, 0) is 26.1 Å². The first-order valence-electron chi connectivity index (χ1n) is 10.2. The van der Waals surface area contributed by atoms with Crippen molar-refractivity contribution in [2.24, 2.45) is 0 Å². The van der Waals surface area contributed by atoms with E-state index in [2.05, 4.69) is 18.0 Å². The number of likely N-dealkylation sites (tertiary alicyclic amines) is 1. The zero-order valence-electron chi connectivity index (χ0n) is 17.2. The van der Waals surface area contributed by atoms with Crippen molar-refractivity contribution < 1.29 is 28.8 Å². The van der Waals surface area contributed by atoms with E-state index in [0.29, 0.717) is 23.7 Å². The van der Waals surface area contributed by atoms with Crippen LogP contribution in [0.25, 0.3) is 0 Å². The zero-order valence-corrected chi connectivity index (χ0v) is 17.2. The highest BCUT2D eigenvalue weighted by Gasteiger charge is 2.73. The Morgan fingerprint density at radius 1 is 1.41 bits per heavy atom. The highest BCUT2D eigenvalue weighted by molar-refractivity contribution is 5.69. The Labute approximate surface area is 170 Å². The molecule has 1 spiro atoms. The van der Waals surface area contributed by atoms with Crippen LogP contribution in [0.1, 0.15) is 37.8 Å². The van der Waals surface area contributed by atoms with E-state index >= 15 is 0 Å². The van der Waals surface area contributed by atoms with Crippen molar-refractivity contribution in [3.8, 4) is 11.5 Å². The largest absolute Gasteiger partial charge is 0.493 e. The van der Waals surface area contributed by atoms with E-state index in [0.717, 1.165) is 24.9 Å².